The molecule has 28 heavy (non-hydrogen) atoms. The van der Waals surface area contributed by atoms with E-state index in [1.165, 1.54) is 28.1 Å². The van der Waals surface area contributed by atoms with E-state index in [0.717, 1.165) is 28.4 Å². The van der Waals surface area contributed by atoms with Gasteiger partial charge in [0.2, 0.25) is 0 Å². The summed E-state index contributed by atoms with van der Waals surface area (Å²) in [6.07, 6.45) is -1.11. The maximum Gasteiger partial charge on any atom is 0.269 e. The van der Waals surface area contributed by atoms with Gasteiger partial charge in [-0.05, 0) is 31.0 Å². The summed E-state index contributed by atoms with van der Waals surface area (Å²) in [5, 5.41) is 4.88. The number of anilines is 2. The molecule has 0 N–H and O–H groups in total. The van der Waals surface area contributed by atoms with Crippen LogP contribution in [0.15, 0.2) is 29.2 Å². The number of benzene rings is 1. The number of halogens is 2. The molecule has 1 aliphatic heterocycles. The van der Waals surface area contributed by atoms with Gasteiger partial charge >= 0.3 is 0 Å². The fraction of sp³-hybridized carbons (Fsp3) is 0.421. The number of aryl methyl sites for hydroxylation is 2. The van der Waals surface area contributed by atoms with Gasteiger partial charge in [0.1, 0.15) is 6.54 Å². The Balaban J connectivity index is 1.47. The Hall–Kier alpha value is -2.55. The van der Waals surface area contributed by atoms with Gasteiger partial charge < -0.3 is 9.80 Å². The Kier molecular flexibility index (Phi) is 5.01. The van der Waals surface area contributed by atoms with E-state index < -0.39 is 18.5 Å². The molecule has 0 radical (unpaired) electrons. The summed E-state index contributed by atoms with van der Waals surface area (Å²) in [7, 11) is 0. The molecule has 0 spiro atoms. The van der Waals surface area contributed by atoms with Crippen molar-refractivity contribution in [2.45, 2.75) is 26.8 Å². The van der Waals surface area contributed by atoms with Crippen LogP contribution < -0.4 is 15.4 Å². The zero-order chi connectivity index (χ0) is 19.8. The molecule has 0 unspecified atom stereocenters. The molecule has 0 atom stereocenters. The Bertz CT molecular complexity index is 1060. The highest BCUT2D eigenvalue weighted by molar-refractivity contribution is 7.22. The number of alkyl halides is 2. The minimum Gasteiger partial charge on any atom is -0.367 e. The van der Waals surface area contributed by atoms with Crippen LogP contribution in [0.25, 0.3) is 10.2 Å². The molecule has 9 heteroatoms. The summed E-state index contributed by atoms with van der Waals surface area (Å²) in [6, 6.07) is 5.63. The molecule has 148 valence electrons. The second-order valence-corrected chi connectivity index (χ2v) is 7.96. The molecule has 2 aromatic heterocycles. The highest BCUT2D eigenvalue weighted by atomic mass is 32.1. The first-order valence-electron chi connectivity index (χ1n) is 9.14. The number of aromatic nitrogens is 3. The number of thiazole rings is 1. The second-order valence-electron chi connectivity index (χ2n) is 6.95. The predicted molar refractivity (Wildman–Crippen MR) is 108 cm³/mol. The van der Waals surface area contributed by atoms with Gasteiger partial charge in [0.25, 0.3) is 12.0 Å². The normalized spacial score (nSPS) is 15.0. The van der Waals surface area contributed by atoms with E-state index in [1.807, 2.05) is 0 Å². The largest absolute Gasteiger partial charge is 0.367 e. The number of hydrogen-bond acceptors (Lipinski definition) is 6. The fourth-order valence-electron chi connectivity index (χ4n) is 3.37. The van der Waals surface area contributed by atoms with E-state index in [-0.39, 0.29) is 0 Å². The van der Waals surface area contributed by atoms with Gasteiger partial charge in [0.05, 0.1) is 22.1 Å². The molecule has 4 rings (SSSR count). The third-order valence-electron chi connectivity index (χ3n) is 5.15. The van der Waals surface area contributed by atoms with Crippen LogP contribution in [0.3, 0.4) is 0 Å². The van der Waals surface area contributed by atoms with Crippen molar-refractivity contribution in [3.8, 4) is 0 Å². The van der Waals surface area contributed by atoms with Crippen molar-refractivity contribution in [3.63, 3.8) is 0 Å². The molecule has 1 aromatic carbocycles. The molecular formula is C19H21F2N5OS. The van der Waals surface area contributed by atoms with Crippen LogP contribution in [0.5, 0.6) is 0 Å². The summed E-state index contributed by atoms with van der Waals surface area (Å²) in [5.74, 6) is 0. The van der Waals surface area contributed by atoms with Gasteiger partial charge in [0.15, 0.2) is 5.13 Å². The third kappa shape index (κ3) is 3.58. The van der Waals surface area contributed by atoms with Gasteiger partial charge in [-0.2, -0.15) is 5.10 Å². The van der Waals surface area contributed by atoms with Crippen LogP contribution in [0.2, 0.25) is 0 Å². The highest BCUT2D eigenvalue weighted by Crippen LogP contribution is 2.32. The van der Waals surface area contributed by atoms with E-state index in [0.29, 0.717) is 18.8 Å². The van der Waals surface area contributed by atoms with Crippen LogP contribution in [0, 0.1) is 13.8 Å². The Morgan fingerprint density at radius 2 is 1.86 bits per heavy atom. The van der Waals surface area contributed by atoms with Crippen molar-refractivity contribution in [3.05, 3.63) is 45.9 Å². The van der Waals surface area contributed by atoms with Gasteiger partial charge in [-0.3, -0.25) is 4.79 Å². The summed E-state index contributed by atoms with van der Waals surface area (Å²) in [5.41, 5.74) is 3.69. The molecule has 0 aliphatic carbocycles. The van der Waals surface area contributed by atoms with Crippen molar-refractivity contribution < 1.29 is 8.78 Å². The van der Waals surface area contributed by atoms with Gasteiger partial charge in [-0.1, -0.05) is 17.4 Å². The molecule has 1 fully saturated rings. The lowest BCUT2D eigenvalue weighted by molar-refractivity contribution is 0.119. The van der Waals surface area contributed by atoms with E-state index in [9.17, 15) is 13.6 Å². The van der Waals surface area contributed by atoms with Crippen LogP contribution in [-0.4, -0.2) is 47.4 Å². The third-order valence-corrected chi connectivity index (χ3v) is 6.24. The molecular weight excluding hydrogens is 384 g/mol. The average molecular weight is 405 g/mol. The number of rotatable bonds is 4. The van der Waals surface area contributed by atoms with Crippen LogP contribution in [0.1, 0.15) is 11.1 Å². The van der Waals surface area contributed by atoms with Crippen molar-refractivity contribution in [1.82, 2.24) is 14.8 Å². The maximum atomic E-state index is 12.5. The minimum atomic E-state index is -2.60. The molecule has 3 heterocycles. The lowest BCUT2D eigenvalue weighted by Gasteiger charge is -2.35. The molecule has 1 aliphatic rings. The standard InChI is InChI=1S/C19H21F2N5OS/c1-12-3-4-15-18(13(12)2)23-19(28-15)25-7-5-24(6-8-25)14-9-17(27)26(22-10-14)11-16(20)21/h3-4,9-10,16H,5-8,11H2,1-2H3. The monoisotopic (exact) mass is 405 g/mol. The SMILES string of the molecule is Cc1ccc2sc(N3CCN(c4cnn(CC(F)F)c(=O)c4)CC3)nc2c1C. The number of hydrogen-bond donors (Lipinski definition) is 0. The predicted octanol–water partition coefficient (Wildman–Crippen LogP) is 3.06. The summed E-state index contributed by atoms with van der Waals surface area (Å²) < 4.78 is 26.9. The quantitative estimate of drug-likeness (QED) is 0.668. The van der Waals surface area contributed by atoms with Crippen LogP contribution in [0.4, 0.5) is 19.6 Å². The summed E-state index contributed by atoms with van der Waals surface area (Å²) in [6.45, 7) is 6.50. The Morgan fingerprint density at radius 3 is 2.54 bits per heavy atom. The molecule has 1 saturated heterocycles. The van der Waals surface area contributed by atoms with Crippen molar-refractivity contribution in [2.75, 3.05) is 36.0 Å². The topological polar surface area (TPSA) is 54.3 Å². The smallest absolute Gasteiger partial charge is 0.269 e. The average Bonchev–Trinajstić information content (AvgIpc) is 3.11. The first-order valence-corrected chi connectivity index (χ1v) is 9.96. The zero-order valence-electron chi connectivity index (χ0n) is 15.7. The molecule has 0 saturated carbocycles. The minimum absolute atomic E-state index is 0.503. The fourth-order valence-corrected chi connectivity index (χ4v) is 4.45. The van der Waals surface area contributed by atoms with E-state index >= 15 is 0 Å². The summed E-state index contributed by atoms with van der Waals surface area (Å²) in [4.78, 5) is 21.1. The summed E-state index contributed by atoms with van der Waals surface area (Å²) >= 11 is 1.69. The second kappa shape index (κ2) is 7.46. The van der Waals surface area contributed by atoms with E-state index in [1.54, 1.807) is 11.3 Å². The van der Waals surface area contributed by atoms with Crippen LogP contribution in [-0.2, 0) is 6.54 Å². The molecule has 3 aromatic rings. The zero-order valence-corrected chi connectivity index (χ0v) is 16.5. The number of piperazine rings is 1. The lowest BCUT2D eigenvalue weighted by Crippen LogP contribution is -2.47. The Labute approximate surface area is 165 Å². The number of nitrogens with zero attached hydrogens (tertiary/aromatic N) is 5. The maximum absolute atomic E-state index is 12.5. The molecule has 0 bridgehead atoms. The molecule has 0 amide bonds. The van der Waals surface area contributed by atoms with E-state index in [2.05, 4.69) is 40.9 Å². The first kappa shape index (κ1) is 18.8. The first-order chi connectivity index (χ1) is 13.4. The van der Waals surface area contributed by atoms with Crippen molar-refractivity contribution in [1.29, 1.82) is 0 Å². The van der Waals surface area contributed by atoms with Gasteiger partial charge in [-0.15, -0.1) is 0 Å². The molecule has 6 nitrogen and oxygen atoms in total. The van der Waals surface area contributed by atoms with Gasteiger partial charge in [0, 0.05) is 32.2 Å². The highest BCUT2D eigenvalue weighted by Gasteiger charge is 2.21. The van der Waals surface area contributed by atoms with Crippen molar-refractivity contribution >= 4 is 32.4 Å². The Morgan fingerprint density at radius 1 is 1.14 bits per heavy atom. The van der Waals surface area contributed by atoms with Crippen molar-refractivity contribution in [2.24, 2.45) is 0 Å². The van der Waals surface area contributed by atoms with Gasteiger partial charge in [-0.25, -0.2) is 18.4 Å². The lowest BCUT2D eigenvalue weighted by atomic mass is 10.1. The van der Waals surface area contributed by atoms with Crippen LogP contribution >= 0.6 is 11.3 Å². The van der Waals surface area contributed by atoms with E-state index in [4.69, 9.17) is 4.98 Å². The number of fused-ring (bicyclic) bond motifs is 1.